The molecule has 1 aliphatic rings. The number of nitrogens with zero attached hydrogens (tertiary/aromatic N) is 1. The Hall–Kier alpha value is -0.910. The average Bonchev–Trinajstić information content (AvgIpc) is 2.93. The first kappa shape index (κ1) is 15.5. The van der Waals surface area contributed by atoms with Crippen molar-refractivity contribution >= 4 is 17.2 Å². The molecule has 1 aliphatic heterocycles. The van der Waals surface area contributed by atoms with Crippen molar-refractivity contribution in [1.82, 2.24) is 15.5 Å². The van der Waals surface area contributed by atoms with Crippen LogP contribution in [0.2, 0.25) is 0 Å². The van der Waals surface area contributed by atoms with E-state index in [1.54, 1.807) is 11.3 Å². The van der Waals surface area contributed by atoms with Crippen molar-refractivity contribution in [3.05, 3.63) is 22.4 Å². The quantitative estimate of drug-likeness (QED) is 0.871. The Morgan fingerprint density at radius 3 is 3.00 bits per heavy atom. The number of thiophene rings is 1. The Bertz CT molecular complexity index is 419. The Labute approximate surface area is 125 Å². The number of carbonyl (C=O) groups is 1. The maximum absolute atomic E-state index is 12.3. The Kier molecular flexibility index (Phi) is 5.57. The van der Waals surface area contributed by atoms with Gasteiger partial charge in [0.2, 0.25) is 5.91 Å². The van der Waals surface area contributed by atoms with E-state index in [-0.39, 0.29) is 11.9 Å². The van der Waals surface area contributed by atoms with Crippen molar-refractivity contribution in [1.29, 1.82) is 0 Å². The summed E-state index contributed by atoms with van der Waals surface area (Å²) in [6.45, 7) is 9.74. The highest BCUT2D eigenvalue weighted by molar-refractivity contribution is 7.10. The molecule has 1 fully saturated rings. The summed E-state index contributed by atoms with van der Waals surface area (Å²) in [5.74, 6) is 0.630. The highest BCUT2D eigenvalue weighted by Gasteiger charge is 2.35. The topological polar surface area (TPSA) is 44.4 Å². The molecular formula is C15H25N3OS. The van der Waals surface area contributed by atoms with Crippen molar-refractivity contribution in [2.24, 2.45) is 5.92 Å². The molecule has 20 heavy (non-hydrogen) atoms. The molecule has 1 saturated heterocycles. The second kappa shape index (κ2) is 7.20. The van der Waals surface area contributed by atoms with E-state index in [4.69, 9.17) is 0 Å². The van der Waals surface area contributed by atoms with Crippen LogP contribution in [0.15, 0.2) is 17.5 Å². The summed E-state index contributed by atoms with van der Waals surface area (Å²) in [4.78, 5) is 16.0. The zero-order valence-corrected chi connectivity index (χ0v) is 13.4. The molecule has 2 rings (SSSR count). The predicted octanol–water partition coefficient (Wildman–Crippen LogP) is 1.86. The molecule has 2 unspecified atom stereocenters. The third kappa shape index (κ3) is 3.40. The highest BCUT2D eigenvalue weighted by atomic mass is 32.1. The Balaban J connectivity index is 2.22. The Morgan fingerprint density at radius 2 is 2.40 bits per heavy atom. The molecule has 5 heteroatoms. The average molecular weight is 295 g/mol. The fraction of sp³-hybridized carbons (Fsp3) is 0.667. The van der Waals surface area contributed by atoms with Crippen LogP contribution in [0.4, 0.5) is 0 Å². The van der Waals surface area contributed by atoms with E-state index in [9.17, 15) is 4.79 Å². The van der Waals surface area contributed by atoms with Gasteiger partial charge >= 0.3 is 0 Å². The first-order valence-electron chi connectivity index (χ1n) is 7.42. The molecule has 0 aromatic carbocycles. The van der Waals surface area contributed by atoms with Gasteiger partial charge in [-0.25, -0.2) is 0 Å². The summed E-state index contributed by atoms with van der Waals surface area (Å²) in [5, 5.41) is 8.43. The van der Waals surface area contributed by atoms with Crippen LogP contribution in [0.25, 0.3) is 0 Å². The summed E-state index contributed by atoms with van der Waals surface area (Å²) in [6, 6.07) is 4.54. The van der Waals surface area contributed by atoms with E-state index in [0.717, 1.165) is 19.6 Å². The molecule has 112 valence electrons. The van der Waals surface area contributed by atoms with Crippen molar-refractivity contribution in [2.45, 2.75) is 32.9 Å². The van der Waals surface area contributed by atoms with Crippen LogP contribution >= 0.6 is 11.3 Å². The van der Waals surface area contributed by atoms with Crippen molar-refractivity contribution in [2.75, 3.05) is 26.2 Å². The van der Waals surface area contributed by atoms with Crippen LogP contribution in [0.5, 0.6) is 0 Å². The number of amides is 1. The minimum absolute atomic E-state index is 0.0711. The van der Waals surface area contributed by atoms with Crippen LogP contribution < -0.4 is 10.6 Å². The number of rotatable bonds is 5. The van der Waals surface area contributed by atoms with Crippen LogP contribution in [-0.2, 0) is 4.79 Å². The molecule has 2 atom stereocenters. The monoisotopic (exact) mass is 295 g/mol. The van der Waals surface area contributed by atoms with E-state index in [1.807, 2.05) is 6.92 Å². The van der Waals surface area contributed by atoms with Gasteiger partial charge in [0.15, 0.2) is 0 Å². The number of carbonyl (C=O) groups excluding carboxylic acids is 1. The van der Waals surface area contributed by atoms with E-state index >= 15 is 0 Å². The van der Waals surface area contributed by atoms with E-state index in [0.29, 0.717) is 18.5 Å². The fourth-order valence-corrected chi connectivity index (χ4v) is 3.94. The van der Waals surface area contributed by atoms with Crippen LogP contribution in [0.1, 0.15) is 31.7 Å². The molecule has 0 radical (unpaired) electrons. The lowest BCUT2D eigenvalue weighted by Crippen LogP contribution is -2.59. The number of piperazine rings is 1. The van der Waals surface area contributed by atoms with Gasteiger partial charge in [0.05, 0.1) is 0 Å². The zero-order valence-electron chi connectivity index (χ0n) is 12.6. The first-order valence-corrected chi connectivity index (χ1v) is 8.30. The molecule has 0 spiro atoms. The molecule has 1 amide bonds. The van der Waals surface area contributed by atoms with Gasteiger partial charge in [0.1, 0.15) is 6.04 Å². The van der Waals surface area contributed by atoms with E-state index < -0.39 is 0 Å². The zero-order chi connectivity index (χ0) is 14.5. The van der Waals surface area contributed by atoms with Gasteiger partial charge < -0.3 is 10.6 Å². The number of likely N-dealkylation sites (N-methyl/N-ethyl adjacent to an activating group) is 1. The van der Waals surface area contributed by atoms with E-state index in [2.05, 4.69) is 46.9 Å². The van der Waals surface area contributed by atoms with Gasteiger partial charge in [-0.2, -0.15) is 0 Å². The smallest absolute Gasteiger partial charge is 0.238 e. The summed E-state index contributed by atoms with van der Waals surface area (Å²) < 4.78 is 0. The molecule has 1 aromatic heterocycles. The third-order valence-corrected chi connectivity index (χ3v) is 4.70. The van der Waals surface area contributed by atoms with Crippen molar-refractivity contribution < 1.29 is 4.79 Å². The van der Waals surface area contributed by atoms with Gasteiger partial charge in [-0.1, -0.05) is 19.9 Å². The molecule has 4 nitrogen and oxygen atoms in total. The van der Waals surface area contributed by atoms with Crippen molar-refractivity contribution in [3.63, 3.8) is 0 Å². The minimum Gasteiger partial charge on any atom is -0.355 e. The normalized spacial score (nSPS) is 21.9. The second-order valence-corrected chi connectivity index (χ2v) is 6.54. The maximum atomic E-state index is 12.3. The van der Waals surface area contributed by atoms with Gasteiger partial charge in [-0.05, 0) is 24.3 Å². The van der Waals surface area contributed by atoms with Crippen LogP contribution in [-0.4, -0.2) is 43.0 Å². The maximum Gasteiger partial charge on any atom is 0.238 e. The van der Waals surface area contributed by atoms with Gasteiger partial charge in [0.25, 0.3) is 0 Å². The summed E-state index contributed by atoms with van der Waals surface area (Å²) in [7, 11) is 0. The van der Waals surface area contributed by atoms with Crippen LogP contribution in [0, 0.1) is 5.92 Å². The number of hydrogen-bond acceptors (Lipinski definition) is 4. The third-order valence-electron chi connectivity index (χ3n) is 3.76. The SMILES string of the molecule is CCNC(=O)C1CNCCN1C(c1cccs1)C(C)C. The highest BCUT2D eigenvalue weighted by Crippen LogP contribution is 2.33. The number of hydrogen-bond donors (Lipinski definition) is 2. The lowest BCUT2D eigenvalue weighted by molar-refractivity contribution is -0.128. The second-order valence-electron chi connectivity index (χ2n) is 5.56. The fourth-order valence-electron chi connectivity index (χ4n) is 2.92. The lowest BCUT2D eigenvalue weighted by Gasteiger charge is -2.42. The first-order chi connectivity index (χ1) is 9.65. The summed E-state index contributed by atoms with van der Waals surface area (Å²) in [5.41, 5.74) is 0. The molecule has 0 aliphatic carbocycles. The molecule has 0 saturated carbocycles. The predicted molar refractivity (Wildman–Crippen MR) is 83.9 cm³/mol. The summed E-state index contributed by atoms with van der Waals surface area (Å²) in [6.07, 6.45) is 0. The van der Waals surface area contributed by atoms with Gasteiger partial charge in [-0.3, -0.25) is 9.69 Å². The van der Waals surface area contributed by atoms with Crippen molar-refractivity contribution in [3.8, 4) is 0 Å². The molecule has 2 N–H and O–H groups in total. The summed E-state index contributed by atoms with van der Waals surface area (Å²) >= 11 is 1.79. The van der Waals surface area contributed by atoms with Gasteiger partial charge in [0, 0.05) is 37.1 Å². The molecule has 1 aromatic rings. The number of nitrogens with one attached hydrogen (secondary N) is 2. The Morgan fingerprint density at radius 1 is 1.60 bits per heavy atom. The molecule has 0 bridgehead atoms. The molecule has 2 heterocycles. The molecular weight excluding hydrogens is 270 g/mol. The lowest BCUT2D eigenvalue weighted by atomic mass is 9.97. The standard InChI is InChI=1S/C15H25N3OS/c1-4-17-15(19)12-10-16-7-8-18(12)14(11(2)3)13-6-5-9-20-13/h5-6,9,11-12,14,16H,4,7-8,10H2,1-3H3,(H,17,19). The largest absolute Gasteiger partial charge is 0.355 e. The minimum atomic E-state index is -0.0711. The van der Waals surface area contributed by atoms with E-state index in [1.165, 1.54) is 4.88 Å². The van der Waals surface area contributed by atoms with Gasteiger partial charge in [-0.15, -0.1) is 11.3 Å². The van der Waals surface area contributed by atoms with Crippen LogP contribution in [0.3, 0.4) is 0 Å².